The van der Waals surface area contributed by atoms with Gasteiger partial charge in [0.25, 0.3) is 23.6 Å². The molecule has 4 saturated heterocycles. The summed E-state index contributed by atoms with van der Waals surface area (Å²) in [6, 6.07) is 22.1. The molecule has 9 aromatic rings. The van der Waals surface area contributed by atoms with Crippen molar-refractivity contribution in [3.8, 4) is 33.4 Å². The number of benzene rings is 3. The van der Waals surface area contributed by atoms with Gasteiger partial charge in [0, 0.05) is 156 Å². The largest absolute Gasteiger partial charge is 1.00 e. The molecule has 5 amide bonds. The van der Waals surface area contributed by atoms with Gasteiger partial charge in [0.15, 0.2) is 17.7 Å². The number of aromatic nitrogens is 12. The molecule has 4 fully saturated rings. The van der Waals surface area contributed by atoms with Gasteiger partial charge in [-0.3, -0.25) is 51.7 Å². The Balaban J connectivity index is 0.000000273. The van der Waals surface area contributed by atoms with Crippen LogP contribution < -0.4 is 75.1 Å². The number of aryl methyl sites for hydroxylation is 3. The van der Waals surface area contributed by atoms with Crippen LogP contribution in [-0.4, -0.2) is 210 Å². The molecule has 11 heterocycles. The second kappa shape index (κ2) is 55.7. The SMILES string of the molecule is CC(C)(C)OC(=O)NCCCCCCn1cc(-c2cccc(C(=O)Nc3cn(C4CCOCC4)nc3C(=O)[O-])c2)cn1.COC(=O)c1nn(C2CCOCC2)cc1NC(=O)c1cccc(-c2cnn(CCCCCCN)c2)c1.O=BP.O=C1Nc2cn(C3CCOCC3)nc2C(=O)NCCCCCCn2cc(cn2)-c2cccc1c2.OC1CCCO1.[2H]CF.[Li+].[Li+].[OH-]. The van der Waals surface area contributed by atoms with Crippen LogP contribution in [0.3, 0.4) is 0 Å². The first-order chi connectivity index (χ1) is 60.1. The fraction of sp³-hybridized carbons (Fsp3) is 0.500. The number of rotatable bonds is 24. The number of methoxy groups -OCH3 is 1. The van der Waals surface area contributed by atoms with Crippen molar-refractivity contribution in [1.29, 1.82) is 0 Å². The number of nitrogens with two attached hydrogens (primary N) is 1. The second-order valence-electron chi connectivity index (χ2n) is 30.8. The van der Waals surface area contributed by atoms with Gasteiger partial charge < -0.3 is 81.2 Å². The number of carbonyl (C=O) groups excluding carboxylic acids is 7. The number of alkyl halides is 1. The van der Waals surface area contributed by atoms with Crippen molar-refractivity contribution >= 4 is 74.7 Å². The van der Waals surface area contributed by atoms with Crippen molar-refractivity contribution in [3.63, 3.8) is 0 Å². The number of nitrogens with zero attached hydrogens (tertiary/aromatic N) is 12. The standard InChI is InChI=1S/C30H40N6O6.C26H34N6O4.C25H30N6O3.C4H8O2.CH3F.BH2OP.2Li.H2O/c1-30(2,3)42-29(40)31-13-6-4-5-7-14-35-19-23(18-32-35)21-9-8-10-22(17-21)27(37)33-25-20-36(34-26(25)28(38)39)24-11-15-41-16-12-24;1-35-26(34)24-23(18-32(30-24)22-9-13-36-14-10-22)29-25(33)20-8-6-7-19(15-20)21-16-28-31(17-21)12-5-3-2-4-11-27;32-24-19-7-5-6-18(14-19)20-15-27-30(16-20)11-4-2-1-3-10-26-25(33)23-22(28-24)17-31(29-23)21-8-12-34-13-9-21;5-4-2-1-3-6-4;1-2;2-1-3;;;/h8-10,17-20,24H,4-7,11-16H2,1-3H3,(H,31,40)(H,33,37)(H,38,39);6-8,15-18,22H,2-5,9-14,27H2,1H3,(H,29,33);5-7,14-17,21H,1-4,8-13H2,(H,26,33)(H,28,32);4-5H,1-3H2;1H3;3H2;;;1H2/q;;;;;;2*+1;/p-2/i;;;;1D;;;;. The number of carbonyl (C=O) groups is 7. The Morgan fingerprint density at radius 1 is 0.619 bits per heavy atom. The molecular weight excluding hydrogens is 1630 g/mol. The maximum Gasteiger partial charge on any atom is 1.00 e. The Kier molecular flexibility index (Phi) is 45.6. The molecule has 126 heavy (non-hydrogen) atoms. The maximum absolute atomic E-state index is 13.2. The molecule has 3 aromatic carbocycles. The van der Waals surface area contributed by atoms with Crippen molar-refractivity contribution in [1.82, 2.24) is 69.3 Å². The number of carboxylic acid groups (broad SMARTS) is 1. The summed E-state index contributed by atoms with van der Waals surface area (Å²) in [7, 11) is 2.19. The number of hydrogen-bond donors (Lipinski definition) is 7. The van der Waals surface area contributed by atoms with E-state index in [1.807, 2.05) is 117 Å². The summed E-state index contributed by atoms with van der Waals surface area (Å²) in [5.41, 5.74) is 12.7. The number of aromatic carboxylic acids is 1. The Morgan fingerprint density at radius 3 is 1.60 bits per heavy atom. The van der Waals surface area contributed by atoms with Crippen LogP contribution in [0, 0.1) is 0 Å². The molecule has 14 rings (SSSR count). The van der Waals surface area contributed by atoms with Gasteiger partial charge in [-0.2, -0.15) is 30.6 Å². The van der Waals surface area contributed by atoms with Crippen molar-refractivity contribution < 1.29 is 126 Å². The molecule has 5 aliphatic rings. The minimum atomic E-state index is -1.45. The quantitative estimate of drug-likeness (QED) is 0.0171. The van der Waals surface area contributed by atoms with E-state index < -0.39 is 43.0 Å². The summed E-state index contributed by atoms with van der Waals surface area (Å²) in [4.78, 5) is 88.1. The van der Waals surface area contributed by atoms with E-state index in [-0.39, 0.29) is 102 Å². The number of nitrogens with one attached hydrogen (secondary N) is 5. The van der Waals surface area contributed by atoms with Crippen LogP contribution in [0.1, 0.15) is 231 Å². The minimum absolute atomic E-state index is 0. The van der Waals surface area contributed by atoms with Crippen LogP contribution >= 0.6 is 9.12 Å². The van der Waals surface area contributed by atoms with Gasteiger partial charge in [-0.1, -0.05) is 74.9 Å². The Hall–Kier alpha value is -9.85. The molecule has 4 bridgehead atoms. The van der Waals surface area contributed by atoms with Gasteiger partial charge in [0.2, 0.25) is 0 Å². The third-order valence-corrected chi connectivity index (χ3v) is 20.5. The summed E-state index contributed by atoms with van der Waals surface area (Å²) >= 11 is 0. The van der Waals surface area contributed by atoms with Crippen LogP contribution in [0.2, 0.25) is 0 Å². The van der Waals surface area contributed by atoms with Gasteiger partial charge in [-0.05, 0) is 164 Å². The van der Waals surface area contributed by atoms with E-state index >= 15 is 0 Å². The molecule has 2 unspecified atom stereocenters. The maximum atomic E-state index is 13.2. The molecule has 670 valence electrons. The number of aliphatic hydroxyl groups excluding tert-OH is 1. The molecule has 0 saturated carbocycles. The number of carboxylic acids is 1. The zero-order valence-electron chi connectivity index (χ0n) is 74.0. The predicted molar refractivity (Wildman–Crippen MR) is 464 cm³/mol. The van der Waals surface area contributed by atoms with E-state index in [9.17, 15) is 43.1 Å². The van der Waals surface area contributed by atoms with Gasteiger partial charge in [-0.25, -0.2) is 9.59 Å². The Labute approximate surface area is 761 Å². The number of unbranched alkanes of at least 4 members (excludes halogenated alkanes) is 6. The summed E-state index contributed by atoms with van der Waals surface area (Å²) in [5, 5.41) is 61.0. The van der Waals surface area contributed by atoms with Crippen LogP contribution in [0.5, 0.6) is 0 Å². The van der Waals surface area contributed by atoms with E-state index in [0.29, 0.717) is 101 Å². The van der Waals surface area contributed by atoms with Crippen molar-refractivity contribution in [2.75, 3.05) is 96.1 Å². The fourth-order valence-corrected chi connectivity index (χ4v) is 14.1. The number of aliphatic hydroxyl groups is 1. The number of anilines is 3. The molecule has 5 aliphatic heterocycles. The number of alkyl carbamates (subject to hydrolysis) is 1. The summed E-state index contributed by atoms with van der Waals surface area (Å²) in [6.07, 6.45) is 34.2. The van der Waals surface area contributed by atoms with Crippen LogP contribution in [0.15, 0.2) is 129 Å². The molecule has 6 aromatic heterocycles. The molecular formula is C86H117BFLi2N18O17P. The first-order valence-electron chi connectivity index (χ1n) is 42.7. The molecule has 0 spiro atoms. The molecule has 40 heteroatoms. The zero-order valence-corrected chi connectivity index (χ0v) is 74.1. The molecule has 35 nitrogen and oxygen atoms in total. The minimum Gasteiger partial charge on any atom is -0.870 e. The summed E-state index contributed by atoms with van der Waals surface area (Å²) in [5.74, 6) is -3.37. The van der Waals surface area contributed by atoms with Gasteiger partial charge in [-0.15, -0.1) is 0 Å². The fourth-order valence-electron chi connectivity index (χ4n) is 14.1. The third-order valence-electron chi connectivity index (χ3n) is 20.5. The van der Waals surface area contributed by atoms with Crippen molar-refractivity contribution in [2.45, 2.75) is 199 Å². The third kappa shape index (κ3) is 33.7. The summed E-state index contributed by atoms with van der Waals surface area (Å²) in [6.45, 7) is 15.0. The first kappa shape index (κ1) is 103. The number of esters is 1. The number of fused-ring (bicyclic) bond motifs is 6. The number of amides is 5. The average molecular weight is 1750 g/mol. The van der Waals surface area contributed by atoms with E-state index in [1.165, 1.54) is 7.11 Å². The monoisotopic (exact) mass is 1750 g/mol. The van der Waals surface area contributed by atoms with Crippen LogP contribution in [0.25, 0.3) is 33.4 Å². The predicted octanol–water partition coefficient (Wildman–Crippen LogP) is 5.47. The van der Waals surface area contributed by atoms with E-state index in [1.54, 1.807) is 69.2 Å². The van der Waals surface area contributed by atoms with Gasteiger partial charge in [0.1, 0.15) is 11.3 Å². The normalized spacial score (nSPS) is 15.5. The van der Waals surface area contributed by atoms with E-state index in [2.05, 4.69) is 57.2 Å². The Bertz CT molecular complexity index is 4870. The number of halogens is 1. The van der Waals surface area contributed by atoms with Gasteiger partial charge in [0.05, 0.1) is 75.4 Å². The van der Waals surface area contributed by atoms with E-state index in [4.69, 9.17) is 45.3 Å². The number of ether oxygens (including phenoxy) is 6. The Morgan fingerprint density at radius 2 is 1.10 bits per heavy atom. The van der Waals surface area contributed by atoms with Gasteiger partial charge >= 0.3 is 70.5 Å². The molecule has 2 atom stereocenters. The number of hydrogen-bond acceptors (Lipinski definition) is 24. The zero-order chi connectivity index (χ0) is 88.6. The molecule has 0 aliphatic carbocycles. The van der Waals surface area contributed by atoms with Crippen LogP contribution in [-0.2, 0) is 52.8 Å². The second-order valence-corrected chi connectivity index (χ2v) is 31.1. The average Bonchev–Trinajstić information content (AvgIpc) is 1.68. The van der Waals surface area contributed by atoms with Crippen LogP contribution in [0.4, 0.5) is 26.2 Å². The smallest absolute Gasteiger partial charge is 0.870 e. The first-order valence-corrected chi connectivity index (χ1v) is 42.6. The van der Waals surface area contributed by atoms with Crippen molar-refractivity contribution in [3.05, 3.63) is 162 Å². The molecule has 9 N–H and O–H groups in total. The summed E-state index contributed by atoms with van der Waals surface area (Å²) < 4.78 is 66.2. The van der Waals surface area contributed by atoms with Crippen molar-refractivity contribution in [2.24, 2.45) is 5.73 Å². The van der Waals surface area contributed by atoms with E-state index in [0.717, 1.165) is 182 Å². The topological polar surface area (TPSA) is 458 Å². The molecule has 0 radical (unpaired) electrons.